The van der Waals surface area contributed by atoms with Crippen LogP contribution in [-0.2, 0) is 0 Å². The van der Waals surface area contributed by atoms with Gasteiger partial charge >= 0.3 is 0 Å². The zero-order chi connectivity index (χ0) is 12.7. The molecule has 0 spiro atoms. The largest absolute Gasteiger partial charge is 0.507 e. The highest BCUT2D eigenvalue weighted by Gasteiger charge is 2.12. The van der Waals surface area contributed by atoms with Gasteiger partial charge in [-0.05, 0) is 31.2 Å². The Balaban J connectivity index is 2.38. The first-order chi connectivity index (χ1) is 8.65. The van der Waals surface area contributed by atoms with Gasteiger partial charge in [-0.3, -0.25) is 0 Å². The monoisotopic (exact) mass is 258 g/mol. The number of fused-ring (bicyclic) bond motifs is 1. The van der Waals surface area contributed by atoms with Crippen LogP contribution in [0.1, 0.15) is 5.69 Å². The van der Waals surface area contributed by atoms with E-state index in [1.807, 2.05) is 25.1 Å². The SMILES string of the molecule is Cc1cc2c(-c3ccccc3O)nc(Cl)cc2[nH]1. The number of halogens is 1. The summed E-state index contributed by atoms with van der Waals surface area (Å²) in [5, 5.41) is 11.3. The quantitative estimate of drug-likeness (QED) is 0.651. The van der Waals surface area contributed by atoms with Crippen molar-refractivity contribution in [2.75, 3.05) is 0 Å². The number of aromatic hydroxyl groups is 1. The zero-order valence-corrected chi connectivity index (χ0v) is 10.5. The molecule has 3 aromatic rings. The second-order valence-electron chi connectivity index (χ2n) is 4.22. The summed E-state index contributed by atoms with van der Waals surface area (Å²) in [6.45, 7) is 1.97. The lowest BCUT2D eigenvalue weighted by Gasteiger charge is -2.05. The van der Waals surface area contributed by atoms with Gasteiger partial charge < -0.3 is 10.1 Å². The highest BCUT2D eigenvalue weighted by atomic mass is 35.5. The fourth-order valence-electron chi connectivity index (χ4n) is 2.12. The third-order valence-corrected chi connectivity index (χ3v) is 3.07. The molecule has 3 rings (SSSR count). The van der Waals surface area contributed by atoms with Crippen LogP contribution >= 0.6 is 11.6 Å². The molecule has 0 radical (unpaired) electrons. The maximum absolute atomic E-state index is 9.93. The van der Waals surface area contributed by atoms with Crippen LogP contribution in [0.25, 0.3) is 22.2 Å². The summed E-state index contributed by atoms with van der Waals surface area (Å²) in [6.07, 6.45) is 0. The zero-order valence-electron chi connectivity index (χ0n) is 9.74. The van der Waals surface area contributed by atoms with Gasteiger partial charge in [0, 0.05) is 16.6 Å². The smallest absolute Gasteiger partial charge is 0.131 e. The molecule has 0 fully saturated rings. The Morgan fingerprint density at radius 2 is 2.00 bits per heavy atom. The number of pyridine rings is 1. The van der Waals surface area contributed by atoms with Crippen molar-refractivity contribution in [2.45, 2.75) is 6.92 Å². The van der Waals surface area contributed by atoms with Crippen LogP contribution in [0.15, 0.2) is 36.4 Å². The van der Waals surface area contributed by atoms with Crippen LogP contribution in [0, 0.1) is 6.92 Å². The molecule has 0 aliphatic heterocycles. The van der Waals surface area contributed by atoms with Gasteiger partial charge in [-0.15, -0.1) is 0 Å². The molecule has 0 amide bonds. The van der Waals surface area contributed by atoms with Crippen LogP contribution in [0.5, 0.6) is 5.75 Å². The molecule has 0 saturated carbocycles. The number of phenolic OH excluding ortho intramolecular Hbond substituents is 1. The van der Waals surface area contributed by atoms with Gasteiger partial charge in [0.05, 0.1) is 11.2 Å². The number of H-pyrrole nitrogens is 1. The van der Waals surface area contributed by atoms with Crippen molar-refractivity contribution in [1.82, 2.24) is 9.97 Å². The van der Waals surface area contributed by atoms with Crippen LogP contribution in [-0.4, -0.2) is 15.1 Å². The highest BCUT2D eigenvalue weighted by Crippen LogP contribution is 2.34. The molecule has 0 aliphatic rings. The number of para-hydroxylation sites is 1. The van der Waals surface area contributed by atoms with Crippen LogP contribution in [0.4, 0.5) is 0 Å². The number of aryl methyl sites for hydroxylation is 1. The molecular formula is C14H11ClN2O. The second kappa shape index (κ2) is 4.03. The standard InChI is InChI=1S/C14H11ClN2O/c1-8-6-10-11(16-8)7-13(15)17-14(10)9-4-2-3-5-12(9)18/h2-7,16,18H,1H3. The topological polar surface area (TPSA) is 48.9 Å². The van der Waals surface area contributed by atoms with E-state index in [0.717, 1.165) is 16.6 Å². The van der Waals surface area contributed by atoms with Crippen molar-refractivity contribution in [3.63, 3.8) is 0 Å². The molecule has 2 heterocycles. The summed E-state index contributed by atoms with van der Waals surface area (Å²) in [6, 6.07) is 10.9. The van der Waals surface area contributed by atoms with Gasteiger partial charge in [0.1, 0.15) is 10.9 Å². The number of rotatable bonds is 1. The number of nitrogens with one attached hydrogen (secondary N) is 1. The van der Waals surface area contributed by atoms with E-state index in [1.54, 1.807) is 18.2 Å². The molecule has 18 heavy (non-hydrogen) atoms. The number of phenols is 1. The van der Waals surface area contributed by atoms with Gasteiger partial charge in [-0.1, -0.05) is 23.7 Å². The number of aromatic nitrogens is 2. The molecule has 1 aromatic carbocycles. The average molecular weight is 259 g/mol. The summed E-state index contributed by atoms with van der Waals surface area (Å²) in [5.74, 6) is 0.201. The summed E-state index contributed by atoms with van der Waals surface area (Å²) in [5.41, 5.74) is 3.33. The second-order valence-corrected chi connectivity index (χ2v) is 4.61. The lowest BCUT2D eigenvalue weighted by atomic mass is 10.1. The maximum Gasteiger partial charge on any atom is 0.131 e. The Labute approximate surface area is 109 Å². The van der Waals surface area contributed by atoms with E-state index in [0.29, 0.717) is 16.4 Å². The number of benzene rings is 1. The summed E-state index contributed by atoms with van der Waals surface area (Å²) < 4.78 is 0. The van der Waals surface area contributed by atoms with Gasteiger partial charge in [0.15, 0.2) is 0 Å². The minimum Gasteiger partial charge on any atom is -0.507 e. The Morgan fingerprint density at radius 3 is 2.78 bits per heavy atom. The number of aromatic amines is 1. The Hall–Kier alpha value is -2.00. The van der Waals surface area contributed by atoms with E-state index < -0.39 is 0 Å². The first-order valence-electron chi connectivity index (χ1n) is 5.59. The normalized spacial score (nSPS) is 11.0. The molecule has 0 unspecified atom stereocenters. The molecule has 3 nitrogen and oxygen atoms in total. The molecule has 0 aliphatic carbocycles. The van der Waals surface area contributed by atoms with Crippen molar-refractivity contribution < 1.29 is 5.11 Å². The van der Waals surface area contributed by atoms with E-state index in [1.165, 1.54) is 0 Å². The highest BCUT2D eigenvalue weighted by molar-refractivity contribution is 6.30. The van der Waals surface area contributed by atoms with Crippen molar-refractivity contribution in [2.24, 2.45) is 0 Å². The summed E-state index contributed by atoms with van der Waals surface area (Å²) in [7, 11) is 0. The lowest BCUT2D eigenvalue weighted by Crippen LogP contribution is -1.86. The van der Waals surface area contributed by atoms with Gasteiger partial charge in [-0.2, -0.15) is 0 Å². The molecule has 4 heteroatoms. The van der Waals surface area contributed by atoms with Crippen LogP contribution < -0.4 is 0 Å². The molecule has 2 N–H and O–H groups in total. The number of nitrogens with zero attached hydrogens (tertiary/aromatic N) is 1. The Kier molecular flexibility index (Phi) is 2.49. The minimum atomic E-state index is 0.201. The first-order valence-corrected chi connectivity index (χ1v) is 5.97. The Bertz CT molecular complexity index is 734. The van der Waals surface area contributed by atoms with Gasteiger partial charge in [0.2, 0.25) is 0 Å². The van der Waals surface area contributed by atoms with Crippen molar-refractivity contribution in [3.8, 4) is 17.0 Å². The third-order valence-electron chi connectivity index (χ3n) is 2.88. The summed E-state index contributed by atoms with van der Waals surface area (Å²) >= 11 is 6.02. The van der Waals surface area contributed by atoms with E-state index in [9.17, 15) is 5.11 Å². The maximum atomic E-state index is 9.93. The predicted octanol–water partition coefficient (Wildman–Crippen LogP) is 3.90. The van der Waals surface area contributed by atoms with E-state index in [2.05, 4.69) is 9.97 Å². The fraction of sp³-hybridized carbons (Fsp3) is 0.0714. The Morgan fingerprint density at radius 1 is 1.22 bits per heavy atom. The minimum absolute atomic E-state index is 0.201. The van der Waals surface area contributed by atoms with E-state index in [4.69, 9.17) is 11.6 Å². The van der Waals surface area contributed by atoms with Crippen molar-refractivity contribution in [1.29, 1.82) is 0 Å². The molecular weight excluding hydrogens is 248 g/mol. The average Bonchev–Trinajstić information content (AvgIpc) is 2.69. The number of hydrogen-bond acceptors (Lipinski definition) is 2. The molecule has 2 aromatic heterocycles. The lowest BCUT2D eigenvalue weighted by molar-refractivity contribution is 0.477. The predicted molar refractivity (Wildman–Crippen MR) is 72.9 cm³/mol. The molecule has 90 valence electrons. The van der Waals surface area contributed by atoms with Gasteiger partial charge in [-0.25, -0.2) is 4.98 Å². The van der Waals surface area contributed by atoms with Crippen LogP contribution in [0.3, 0.4) is 0 Å². The fourth-order valence-corrected chi connectivity index (χ4v) is 2.31. The molecule has 0 atom stereocenters. The van der Waals surface area contributed by atoms with E-state index in [-0.39, 0.29) is 5.75 Å². The first kappa shape index (κ1) is 11.1. The van der Waals surface area contributed by atoms with Crippen molar-refractivity contribution >= 4 is 22.5 Å². The van der Waals surface area contributed by atoms with Crippen molar-refractivity contribution in [3.05, 3.63) is 47.2 Å². The van der Waals surface area contributed by atoms with Gasteiger partial charge in [0.25, 0.3) is 0 Å². The van der Waals surface area contributed by atoms with Crippen LogP contribution in [0.2, 0.25) is 5.15 Å². The molecule has 0 saturated heterocycles. The summed E-state index contributed by atoms with van der Waals surface area (Å²) in [4.78, 5) is 7.55. The van der Waals surface area contributed by atoms with E-state index >= 15 is 0 Å². The molecule has 0 bridgehead atoms. The number of hydrogen-bond donors (Lipinski definition) is 2. The third kappa shape index (κ3) is 1.73.